The number of hydrogen-bond acceptors (Lipinski definition) is 2. The average molecular weight is 306 g/mol. The van der Waals surface area contributed by atoms with Crippen molar-refractivity contribution < 1.29 is 4.79 Å². The number of carbonyl (C=O) groups is 1. The standard InChI is InChI=1S/C18H18N4O/c1-10-14-6-12(4-5-15(14)21-20-10)13-7-16-18(23)19-8-17(11-2-3-11)22(16)9-13/h4-7,9,11,17H,2-3,8H2,1H3,(H,19,23)(H,20,21). The summed E-state index contributed by atoms with van der Waals surface area (Å²) >= 11 is 0. The summed E-state index contributed by atoms with van der Waals surface area (Å²) in [5.74, 6) is 0.752. The maximum absolute atomic E-state index is 12.2. The molecule has 0 radical (unpaired) electrons. The summed E-state index contributed by atoms with van der Waals surface area (Å²) in [6.45, 7) is 2.78. The molecule has 1 aliphatic carbocycles. The fourth-order valence-electron chi connectivity index (χ4n) is 3.67. The topological polar surface area (TPSA) is 62.7 Å². The van der Waals surface area contributed by atoms with Crippen molar-refractivity contribution >= 4 is 16.8 Å². The molecule has 5 rings (SSSR count). The Morgan fingerprint density at radius 1 is 1.22 bits per heavy atom. The molecule has 0 spiro atoms. The second-order valence-corrected chi connectivity index (χ2v) is 6.72. The molecular formula is C18H18N4O. The molecule has 3 aromatic rings. The molecule has 0 bridgehead atoms. The van der Waals surface area contributed by atoms with Crippen molar-refractivity contribution in [1.29, 1.82) is 0 Å². The molecule has 3 heterocycles. The van der Waals surface area contributed by atoms with E-state index in [0.29, 0.717) is 12.0 Å². The predicted molar refractivity (Wildman–Crippen MR) is 88.4 cm³/mol. The number of carbonyl (C=O) groups excluding carboxylic acids is 1. The smallest absolute Gasteiger partial charge is 0.268 e. The molecule has 5 heteroatoms. The fourth-order valence-corrected chi connectivity index (χ4v) is 3.67. The largest absolute Gasteiger partial charge is 0.349 e. The first-order chi connectivity index (χ1) is 11.2. The first-order valence-corrected chi connectivity index (χ1v) is 8.16. The number of benzene rings is 1. The van der Waals surface area contributed by atoms with Gasteiger partial charge >= 0.3 is 0 Å². The molecule has 1 fully saturated rings. The van der Waals surface area contributed by atoms with E-state index >= 15 is 0 Å². The first kappa shape index (κ1) is 12.9. The summed E-state index contributed by atoms with van der Waals surface area (Å²) in [7, 11) is 0. The van der Waals surface area contributed by atoms with Crippen LogP contribution in [0.5, 0.6) is 0 Å². The Morgan fingerprint density at radius 3 is 2.91 bits per heavy atom. The van der Waals surface area contributed by atoms with Gasteiger partial charge in [-0.3, -0.25) is 9.89 Å². The van der Waals surface area contributed by atoms with Gasteiger partial charge in [0, 0.05) is 29.4 Å². The molecule has 1 saturated carbocycles. The number of rotatable bonds is 2. The van der Waals surface area contributed by atoms with Crippen LogP contribution in [-0.4, -0.2) is 27.2 Å². The molecule has 23 heavy (non-hydrogen) atoms. The number of aryl methyl sites for hydroxylation is 1. The lowest BCUT2D eigenvalue weighted by molar-refractivity contribution is 0.0910. The number of aromatic nitrogens is 3. The van der Waals surface area contributed by atoms with Crippen molar-refractivity contribution in [3.63, 3.8) is 0 Å². The maximum Gasteiger partial charge on any atom is 0.268 e. The van der Waals surface area contributed by atoms with Crippen molar-refractivity contribution in [2.75, 3.05) is 6.54 Å². The van der Waals surface area contributed by atoms with Crippen molar-refractivity contribution in [2.45, 2.75) is 25.8 Å². The summed E-state index contributed by atoms with van der Waals surface area (Å²) in [5.41, 5.74) is 5.06. The SMILES string of the molecule is Cc1[nH]nc2ccc(-c3cc4n(c3)C(C3CC3)CNC4=O)cc12. The van der Waals surface area contributed by atoms with Crippen LogP contribution in [0.15, 0.2) is 30.5 Å². The molecule has 1 atom stereocenters. The molecule has 2 aliphatic rings. The first-order valence-electron chi connectivity index (χ1n) is 8.16. The summed E-state index contributed by atoms with van der Waals surface area (Å²) < 4.78 is 2.19. The number of amides is 1. The summed E-state index contributed by atoms with van der Waals surface area (Å²) in [5, 5.41) is 11.5. The van der Waals surface area contributed by atoms with Gasteiger partial charge in [-0.05, 0) is 49.4 Å². The lowest BCUT2D eigenvalue weighted by atomic mass is 10.1. The van der Waals surface area contributed by atoms with E-state index in [4.69, 9.17) is 0 Å². The van der Waals surface area contributed by atoms with E-state index in [0.717, 1.165) is 40.0 Å². The third-order valence-corrected chi connectivity index (χ3v) is 5.15. The number of aromatic amines is 1. The summed E-state index contributed by atoms with van der Waals surface area (Å²) in [6.07, 6.45) is 4.69. The van der Waals surface area contributed by atoms with Gasteiger partial charge in [0.05, 0.1) is 11.6 Å². The Balaban J connectivity index is 1.63. The lowest BCUT2D eigenvalue weighted by Gasteiger charge is -2.26. The second kappa shape index (κ2) is 4.47. The highest BCUT2D eigenvalue weighted by atomic mass is 16.2. The Kier molecular flexibility index (Phi) is 2.52. The zero-order chi connectivity index (χ0) is 15.6. The van der Waals surface area contributed by atoms with E-state index in [1.165, 1.54) is 12.8 Å². The van der Waals surface area contributed by atoms with E-state index in [2.05, 4.69) is 38.4 Å². The van der Waals surface area contributed by atoms with E-state index in [-0.39, 0.29) is 5.91 Å². The molecule has 116 valence electrons. The lowest BCUT2D eigenvalue weighted by Crippen LogP contribution is -2.39. The number of H-pyrrole nitrogens is 1. The molecule has 2 N–H and O–H groups in total. The minimum absolute atomic E-state index is 0.0359. The normalized spacial score (nSPS) is 20.6. The average Bonchev–Trinajstić information content (AvgIpc) is 3.19. The van der Waals surface area contributed by atoms with Crippen LogP contribution < -0.4 is 5.32 Å². The zero-order valence-electron chi connectivity index (χ0n) is 13.0. The quantitative estimate of drug-likeness (QED) is 0.764. The number of hydrogen-bond donors (Lipinski definition) is 2. The molecule has 5 nitrogen and oxygen atoms in total. The van der Waals surface area contributed by atoms with Gasteiger partial charge in [0.15, 0.2) is 0 Å². The van der Waals surface area contributed by atoms with E-state index in [1.54, 1.807) is 0 Å². The number of nitrogens with zero attached hydrogens (tertiary/aromatic N) is 2. The highest BCUT2D eigenvalue weighted by Crippen LogP contribution is 2.42. The number of nitrogens with one attached hydrogen (secondary N) is 2. The van der Waals surface area contributed by atoms with Gasteiger partial charge in [0.25, 0.3) is 5.91 Å². The van der Waals surface area contributed by atoms with Crippen LogP contribution in [0, 0.1) is 12.8 Å². The van der Waals surface area contributed by atoms with Crippen molar-refractivity contribution in [2.24, 2.45) is 5.92 Å². The van der Waals surface area contributed by atoms with Crippen LogP contribution in [0.1, 0.15) is 35.1 Å². The van der Waals surface area contributed by atoms with Crippen LogP contribution >= 0.6 is 0 Å². The van der Waals surface area contributed by atoms with Crippen molar-refractivity contribution in [3.8, 4) is 11.1 Å². The molecule has 2 aromatic heterocycles. The molecule has 1 amide bonds. The van der Waals surface area contributed by atoms with Gasteiger partial charge < -0.3 is 9.88 Å². The fraction of sp³-hybridized carbons (Fsp3) is 0.333. The molecule has 0 saturated heterocycles. The Hall–Kier alpha value is -2.56. The predicted octanol–water partition coefficient (Wildman–Crippen LogP) is 3.03. The van der Waals surface area contributed by atoms with Gasteiger partial charge in [-0.15, -0.1) is 0 Å². The minimum Gasteiger partial charge on any atom is -0.349 e. The third kappa shape index (κ3) is 1.92. The molecular weight excluding hydrogens is 288 g/mol. The van der Waals surface area contributed by atoms with Crippen LogP contribution in [0.25, 0.3) is 22.0 Å². The van der Waals surface area contributed by atoms with Crippen LogP contribution in [-0.2, 0) is 0 Å². The summed E-state index contributed by atoms with van der Waals surface area (Å²) in [4.78, 5) is 12.2. The highest BCUT2D eigenvalue weighted by Gasteiger charge is 2.37. The van der Waals surface area contributed by atoms with Gasteiger partial charge in [-0.2, -0.15) is 5.10 Å². The Morgan fingerprint density at radius 2 is 2.09 bits per heavy atom. The van der Waals surface area contributed by atoms with Crippen LogP contribution in [0.2, 0.25) is 0 Å². The maximum atomic E-state index is 12.2. The summed E-state index contributed by atoms with van der Waals surface area (Å²) in [6, 6.07) is 8.69. The molecule has 1 aliphatic heterocycles. The van der Waals surface area contributed by atoms with Gasteiger partial charge in [-0.25, -0.2) is 0 Å². The van der Waals surface area contributed by atoms with Crippen molar-refractivity contribution in [3.05, 3.63) is 41.9 Å². The van der Waals surface area contributed by atoms with E-state index < -0.39 is 0 Å². The molecule has 1 unspecified atom stereocenters. The monoisotopic (exact) mass is 306 g/mol. The zero-order valence-corrected chi connectivity index (χ0v) is 13.0. The van der Waals surface area contributed by atoms with Crippen LogP contribution in [0.3, 0.4) is 0 Å². The van der Waals surface area contributed by atoms with Crippen molar-refractivity contribution in [1.82, 2.24) is 20.1 Å². The second-order valence-electron chi connectivity index (χ2n) is 6.72. The minimum atomic E-state index is 0.0359. The van der Waals surface area contributed by atoms with Gasteiger partial charge in [-0.1, -0.05) is 6.07 Å². The van der Waals surface area contributed by atoms with E-state index in [9.17, 15) is 4.79 Å². The van der Waals surface area contributed by atoms with Crippen LogP contribution in [0.4, 0.5) is 0 Å². The Bertz CT molecular complexity index is 932. The number of fused-ring (bicyclic) bond motifs is 2. The Labute approximate surface area is 133 Å². The van der Waals surface area contributed by atoms with Gasteiger partial charge in [0.1, 0.15) is 5.69 Å². The highest BCUT2D eigenvalue weighted by molar-refractivity contribution is 5.96. The van der Waals surface area contributed by atoms with E-state index in [1.807, 2.05) is 19.1 Å². The van der Waals surface area contributed by atoms with Gasteiger partial charge in [0.2, 0.25) is 0 Å². The third-order valence-electron chi connectivity index (χ3n) is 5.15. The molecule has 1 aromatic carbocycles.